The minimum absolute atomic E-state index is 0.0474. The predicted molar refractivity (Wildman–Crippen MR) is 140 cm³/mol. The van der Waals surface area contributed by atoms with Gasteiger partial charge in [-0.05, 0) is 48.6 Å². The summed E-state index contributed by atoms with van der Waals surface area (Å²) in [5, 5.41) is 3.58. The van der Waals surface area contributed by atoms with Gasteiger partial charge in [-0.15, -0.1) is 0 Å². The molecule has 1 aliphatic heterocycles. The Kier molecular flexibility index (Phi) is 8.91. The Morgan fingerprint density at radius 3 is 2.26 bits per heavy atom. The highest BCUT2D eigenvalue weighted by Crippen LogP contribution is 2.31. The molecule has 0 radical (unpaired) electrons. The third-order valence-electron chi connectivity index (χ3n) is 6.06. The molecule has 0 bridgehead atoms. The van der Waals surface area contributed by atoms with Crippen LogP contribution < -0.4 is 5.32 Å². The van der Waals surface area contributed by atoms with E-state index in [0.29, 0.717) is 15.7 Å². The molecule has 2 aromatic carbocycles. The highest BCUT2D eigenvalue weighted by atomic mass is 35.5. The SMILES string of the molecule is CC1CN(CC(C)C(OC(=O)Nc2ccc(Cl)c(Cl)c2)c2ccc(C(C)(C)C)cc2)CC(C)O1. The molecule has 3 rings (SSSR count). The summed E-state index contributed by atoms with van der Waals surface area (Å²) in [6, 6.07) is 13.3. The molecular formula is C27H36Cl2N2O3. The van der Waals surface area contributed by atoms with Crippen LogP contribution in [0.1, 0.15) is 58.8 Å². The number of carbonyl (C=O) groups excluding carboxylic acids is 1. The fourth-order valence-corrected chi connectivity index (χ4v) is 4.76. The number of halogens is 2. The second kappa shape index (κ2) is 11.3. The lowest BCUT2D eigenvalue weighted by Gasteiger charge is -2.38. The van der Waals surface area contributed by atoms with E-state index >= 15 is 0 Å². The van der Waals surface area contributed by atoms with Gasteiger partial charge in [0.2, 0.25) is 0 Å². The lowest BCUT2D eigenvalue weighted by atomic mass is 9.85. The van der Waals surface area contributed by atoms with E-state index in [-0.39, 0.29) is 23.5 Å². The average Bonchev–Trinajstić information content (AvgIpc) is 2.73. The van der Waals surface area contributed by atoms with Crippen molar-refractivity contribution in [3.63, 3.8) is 0 Å². The molecule has 2 aromatic rings. The van der Waals surface area contributed by atoms with Crippen molar-refractivity contribution < 1.29 is 14.3 Å². The first-order valence-electron chi connectivity index (χ1n) is 11.8. The molecule has 1 N–H and O–H groups in total. The summed E-state index contributed by atoms with van der Waals surface area (Å²) in [4.78, 5) is 15.3. The van der Waals surface area contributed by atoms with Gasteiger partial charge in [0.25, 0.3) is 0 Å². The molecule has 1 saturated heterocycles. The Balaban J connectivity index is 1.79. The number of benzene rings is 2. The van der Waals surface area contributed by atoms with Crippen molar-refractivity contribution in [2.24, 2.45) is 5.92 Å². The highest BCUT2D eigenvalue weighted by Gasteiger charge is 2.29. The van der Waals surface area contributed by atoms with Crippen molar-refractivity contribution in [2.45, 2.75) is 65.3 Å². The zero-order valence-corrected chi connectivity index (χ0v) is 22.4. The normalized spacial score (nSPS) is 21.1. The van der Waals surface area contributed by atoms with Gasteiger partial charge in [0.15, 0.2) is 0 Å². The quantitative estimate of drug-likeness (QED) is 0.445. The summed E-state index contributed by atoms with van der Waals surface area (Å²) in [7, 11) is 0. The number of hydrogen-bond donors (Lipinski definition) is 1. The number of morpholine rings is 1. The lowest BCUT2D eigenvalue weighted by molar-refractivity contribution is -0.0756. The molecular weight excluding hydrogens is 471 g/mol. The molecule has 4 atom stereocenters. The number of ether oxygens (including phenoxy) is 2. The van der Waals surface area contributed by atoms with Crippen LogP contribution in [0.5, 0.6) is 0 Å². The monoisotopic (exact) mass is 506 g/mol. The molecule has 5 nitrogen and oxygen atoms in total. The van der Waals surface area contributed by atoms with Gasteiger partial charge in [0, 0.05) is 31.2 Å². The number of rotatable bonds is 6. The van der Waals surface area contributed by atoms with E-state index in [1.165, 1.54) is 5.56 Å². The Morgan fingerprint density at radius 2 is 1.71 bits per heavy atom. The first kappa shape index (κ1) is 26.8. The first-order valence-corrected chi connectivity index (χ1v) is 12.6. The molecule has 1 heterocycles. The lowest BCUT2D eigenvalue weighted by Crippen LogP contribution is -2.47. The predicted octanol–water partition coefficient (Wildman–Crippen LogP) is 7.33. The van der Waals surface area contributed by atoms with Crippen LogP contribution in [0.4, 0.5) is 10.5 Å². The molecule has 186 valence electrons. The van der Waals surface area contributed by atoms with Crippen molar-refractivity contribution in [2.75, 3.05) is 25.0 Å². The summed E-state index contributed by atoms with van der Waals surface area (Å²) >= 11 is 12.1. The van der Waals surface area contributed by atoms with Crippen LogP contribution in [0.2, 0.25) is 10.0 Å². The van der Waals surface area contributed by atoms with Gasteiger partial charge in [0.05, 0.1) is 22.3 Å². The molecule has 34 heavy (non-hydrogen) atoms. The van der Waals surface area contributed by atoms with Crippen LogP contribution in [0, 0.1) is 5.92 Å². The molecule has 0 saturated carbocycles. The van der Waals surface area contributed by atoms with Crippen LogP contribution in [0.25, 0.3) is 0 Å². The van der Waals surface area contributed by atoms with Crippen LogP contribution in [0.3, 0.4) is 0 Å². The first-order chi connectivity index (χ1) is 15.9. The fourth-order valence-electron chi connectivity index (χ4n) is 4.46. The minimum atomic E-state index is -0.529. The maximum Gasteiger partial charge on any atom is 0.412 e. The zero-order valence-electron chi connectivity index (χ0n) is 20.9. The average molecular weight is 508 g/mol. The van der Waals surface area contributed by atoms with E-state index in [9.17, 15) is 4.79 Å². The van der Waals surface area contributed by atoms with Gasteiger partial charge in [-0.1, -0.05) is 75.2 Å². The molecule has 7 heteroatoms. The molecule has 1 fully saturated rings. The number of nitrogens with zero attached hydrogens (tertiary/aromatic N) is 1. The van der Waals surface area contributed by atoms with E-state index in [1.54, 1.807) is 18.2 Å². The van der Waals surface area contributed by atoms with Crippen molar-refractivity contribution in [3.05, 3.63) is 63.6 Å². The third kappa shape index (κ3) is 7.35. The molecule has 0 spiro atoms. The van der Waals surface area contributed by atoms with E-state index in [4.69, 9.17) is 32.7 Å². The van der Waals surface area contributed by atoms with E-state index in [2.05, 4.69) is 76.0 Å². The number of anilines is 1. The van der Waals surface area contributed by atoms with Crippen molar-refractivity contribution in [1.82, 2.24) is 4.90 Å². The van der Waals surface area contributed by atoms with E-state index in [0.717, 1.165) is 25.2 Å². The molecule has 4 unspecified atom stereocenters. The molecule has 0 aromatic heterocycles. The van der Waals surface area contributed by atoms with Crippen LogP contribution in [-0.4, -0.2) is 42.8 Å². The van der Waals surface area contributed by atoms with Crippen LogP contribution in [0.15, 0.2) is 42.5 Å². The molecule has 1 aliphatic rings. The Morgan fingerprint density at radius 1 is 1.09 bits per heavy atom. The maximum atomic E-state index is 12.9. The van der Waals surface area contributed by atoms with Crippen LogP contribution in [-0.2, 0) is 14.9 Å². The fraction of sp³-hybridized carbons (Fsp3) is 0.519. The second-order valence-electron chi connectivity index (χ2n) is 10.4. The number of hydrogen-bond acceptors (Lipinski definition) is 4. The van der Waals surface area contributed by atoms with Crippen LogP contribution >= 0.6 is 23.2 Å². The van der Waals surface area contributed by atoms with Crippen molar-refractivity contribution in [1.29, 1.82) is 0 Å². The number of carbonyl (C=O) groups is 1. The summed E-state index contributed by atoms with van der Waals surface area (Å²) in [6.45, 7) is 15.4. The van der Waals surface area contributed by atoms with E-state index < -0.39 is 12.2 Å². The minimum Gasteiger partial charge on any atom is -0.441 e. The summed E-state index contributed by atoms with van der Waals surface area (Å²) in [5.41, 5.74) is 2.79. The van der Waals surface area contributed by atoms with Gasteiger partial charge in [-0.3, -0.25) is 10.2 Å². The Bertz CT molecular complexity index is 965. The highest BCUT2D eigenvalue weighted by molar-refractivity contribution is 6.42. The summed E-state index contributed by atoms with van der Waals surface area (Å²) in [6.07, 6.45) is -0.581. The Labute approximate surface area is 213 Å². The zero-order chi connectivity index (χ0) is 25.0. The standard InChI is InChI=1S/C27H36Cl2N2O3/c1-17(14-31-15-18(2)33-19(3)16-31)25(20-7-9-21(10-8-20)27(4,5)6)34-26(32)30-22-11-12-23(28)24(29)13-22/h7-13,17-19,25H,14-16H2,1-6H3,(H,30,32). The largest absolute Gasteiger partial charge is 0.441 e. The maximum absolute atomic E-state index is 12.9. The van der Waals surface area contributed by atoms with Gasteiger partial charge < -0.3 is 9.47 Å². The van der Waals surface area contributed by atoms with Crippen molar-refractivity contribution in [3.8, 4) is 0 Å². The topological polar surface area (TPSA) is 50.8 Å². The van der Waals surface area contributed by atoms with E-state index in [1.807, 2.05) is 0 Å². The number of amides is 1. The molecule has 1 amide bonds. The summed E-state index contributed by atoms with van der Waals surface area (Å²) in [5.74, 6) is 0.0672. The van der Waals surface area contributed by atoms with Gasteiger partial charge in [-0.2, -0.15) is 0 Å². The van der Waals surface area contributed by atoms with Gasteiger partial charge >= 0.3 is 6.09 Å². The van der Waals surface area contributed by atoms with Gasteiger partial charge in [-0.25, -0.2) is 4.79 Å². The smallest absolute Gasteiger partial charge is 0.412 e. The molecule has 0 aliphatic carbocycles. The summed E-state index contributed by atoms with van der Waals surface area (Å²) < 4.78 is 11.9. The van der Waals surface area contributed by atoms with Crippen molar-refractivity contribution >= 4 is 35.0 Å². The second-order valence-corrected chi connectivity index (χ2v) is 11.2. The third-order valence-corrected chi connectivity index (χ3v) is 6.80. The van der Waals surface area contributed by atoms with Gasteiger partial charge in [0.1, 0.15) is 6.10 Å². The number of nitrogens with one attached hydrogen (secondary N) is 1. The Hall–Kier alpha value is -1.79.